The van der Waals surface area contributed by atoms with Gasteiger partial charge in [0, 0.05) is 0 Å². The molecule has 0 unspecified atom stereocenters. The van der Waals surface area contributed by atoms with Gasteiger partial charge in [-0.3, -0.25) is 4.99 Å². The molecule has 0 atom stereocenters. The number of hydrogen-bond acceptors (Lipinski definition) is 5. The van der Waals surface area contributed by atoms with Crippen molar-refractivity contribution in [1.82, 2.24) is 0 Å². The molecule has 0 saturated heterocycles. The van der Waals surface area contributed by atoms with Crippen molar-refractivity contribution >= 4 is 23.1 Å². The van der Waals surface area contributed by atoms with Gasteiger partial charge in [-0.15, -0.1) is 11.3 Å². The van der Waals surface area contributed by atoms with Gasteiger partial charge in [0.1, 0.15) is 10.7 Å². The lowest BCUT2D eigenvalue weighted by molar-refractivity contribution is 0.0606. The summed E-state index contributed by atoms with van der Waals surface area (Å²) >= 11 is 1.33. The van der Waals surface area contributed by atoms with Crippen LogP contribution in [0.25, 0.3) is 0 Å². The normalized spacial score (nSPS) is 13.8. The number of ether oxygens (including phenoxy) is 1. The van der Waals surface area contributed by atoms with Gasteiger partial charge < -0.3 is 10.5 Å². The minimum atomic E-state index is -0.313. The van der Waals surface area contributed by atoms with Gasteiger partial charge in [-0.25, -0.2) is 4.79 Å². The van der Waals surface area contributed by atoms with E-state index in [-0.39, 0.29) is 5.97 Å². The molecule has 2 rings (SSSR count). The SMILES string of the molecule is COC(=O)c1cc2c(s1)C(N)=NC2. The van der Waals surface area contributed by atoms with Crippen molar-refractivity contribution in [3.63, 3.8) is 0 Å². The summed E-state index contributed by atoms with van der Waals surface area (Å²) in [4.78, 5) is 16.7. The number of nitrogens with two attached hydrogens (primary N) is 1. The Hall–Kier alpha value is -1.36. The van der Waals surface area contributed by atoms with E-state index in [1.165, 1.54) is 18.4 Å². The van der Waals surface area contributed by atoms with Gasteiger partial charge >= 0.3 is 5.97 Å². The topological polar surface area (TPSA) is 64.7 Å². The highest BCUT2D eigenvalue weighted by Gasteiger charge is 2.20. The summed E-state index contributed by atoms with van der Waals surface area (Å²) in [5.41, 5.74) is 6.63. The van der Waals surface area contributed by atoms with E-state index in [4.69, 9.17) is 5.73 Å². The Labute approximate surface area is 79.0 Å². The molecular formula is C8H8N2O2S. The van der Waals surface area contributed by atoms with Gasteiger partial charge in [-0.2, -0.15) is 0 Å². The molecule has 0 saturated carbocycles. The molecule has 0 aliphatic carbocycles. The zero-order chi connectivity index (χ0) is 9.42. The van der Waals surface area contributed by atoms with Crippen LogP contribution >= 0.6 is 11.3 Å². The number of carbonyl (C=O) groups is 1. The summed E-state index contributed by atoms with van der Waals surface area (Å²) in [5, 5.41) is 0. The van der Waals surface area contributed by atoms with Crippen molar-refractivity contribution < 1.29 is 9.53 Å². The number of aliphatic imine (C=N–C) groups is 1. The molecule has 0 amide bonds. The largest absolute Gasteiger partial charge is 0.465 e. The highest BCUT2D eigenvalue weighted by molar-refractivity contribution is 7.16. The zero-order valence-electron chi connectivity index (χ0n) is 7.03. The number of methoxy groups -OCH3 is 1. The molecule has 4 nitrogen and oxygen atoms in total. The average molecular weight is 196 g/mol. The summed E-state index contributed by atoms with van der Waals surface area (Å²) in [6.07, 6.45) is 0. The first-order valence-electron chi connectivity index (χ1n) is 3.73. The molecule has 0 radical (unpaired) electrons. The van der Waals surface area contributed by atoms with E-state index >= 15 is 0 Å². The number of nitrogens with zero attached hydrogens (tertiary/aromatic N) is 1. The lowest BCUT2D eigenvalue weighted by atomic mass is 10.2. The van der Waals surface area contributed by atoms with Crippen LogP contribution in [0.3, 0.4) is 0 Å². The molecule has 5 heteroatoms. The molecule has 68 valence electrons. The predicted molar refractivity (Wildman–Crippen MR) is 50.1 cm³/mol. The molecule has 2 N–H and O–H groups in total. The van der Waals surface area contributed by atoms with Crippen LogP contribution < -0.4 is 5.73 Å². The van der Waals surface area contributed by atoms with Crippen LogP contribution in [0.1, 0.15) is 20.1 Å². The summed E-state index contributed by atoms with van der Waals surface area (Å²) < 4.78 is 4.60. The molecule has 0 aromatic carbocycles. The number of esters is 1. The minimum Gasteiger partial charge on any atom is -0.465 e. The van der Waals surface area contributed by atoms with Crippen LogP contribution in [-0.2, 0) is 11.3 Å². The van der Waals surface area contributed by atoms with Gasteiger partial charge in [0.05, 0.1) is 18.5 Å². The van der Waals surface area contributed by atoms with E-state index in [0.717, 1.165) is 10.4 Å². The average Bonchev–Trinajstić information content (AvgIpc) is 2.67. The Morgan fingerprint density at radius 1 is 1.77 bits per heavy atom. The van der Waals surface area contributed by atoms with Crippen LogP contribution in [0.15, 0.2) is 11.1 Å². The number of hydrogen-bond donors (Lipinski definition) is 1. The molecule has 0 fully saturated rings. The highest BCUT2D eigenvalue weighted by atomic mass is 32.1. The van der Waals surface area contributed by atoms with E-state index < -0.39 is 0 Å². The second-order valence-corrected chi connectivity index (χ2v) is 3.71. The van der Waals surface area contributed by atoms with Crippen molar-refractivity contribution in [3.05, 3.63) is 21.4 Å². The molecule has 0 bridgehead atoms. The maximum Gasteiger partial charge on any atom is 0.348 e. The van der Waals surface area contributed by atoms with Crippen molar-refractivity contribution in [2.45, 2.75) is 6.54 Å². The Morgan fingerprint density at radius 2 is 2.54 bits per heavy atom. The number of thiophene rings is 1. The predicted octanol–water partition coefficient (Wildman–Crippen LogP) is 0.754. The Kier molecular flexibility index (Phi) is 1.81. The van der Waals surface area contributed by atoms with E-state index in [1.807, 2.05) is 0 Å². The number of carbonyl (C=O) groups excluding carboxylic acids is 1. The minimum absolute atomic E-state index is 0.313. The number of amidine groups is 1. The zero-order valence-corrected chi connectivity index (χ0v) is 7.85. The quantitative estimate of drug-likeness (QED) is 0.674. The van der Waals surface area contributed by atoms with Crippen molar-refractivity contribution in [2.75, 3.05) is 7.11 Å². The summed E-state index contributed by atoms with van der Waals surface area (Å²) in [6.45, 7) is 0.578. The standard InChI is InChI=1S/C8H8N2O2S/c1-12-8(11)5-2-4-3-10-7(9)6(4)13-5/h2H,3H2,1H3,(H2,9,10). The second kappa shape index (κ2) is 2.85. The fraction of sp³-hybridized carbons (Fsp3) is 0.250. The van der Waals surface area contributed by atoms with Gasteiger partial charge in [0.15, 0.2) is 0 Å². The highest BCUT2D eigenvalue weighted by Crippen LogP contribution is 2.27. The lowest BCUT2D eigenvalue weighted by Crippen LogP contribution is -2.08. The second-order valence-electron chi connectivity index (χ2n) is 2.66. The van der Waals surface area contributed by atoms with Crippen LogP contribution in [-0.4, -0.2) is 18.9 Å². The first-order chi connectivity index (χ1) is 6.22. The lowest BCUT2D eigenvalue weighted by Gasteiger charge is -1.92. The van der Waals surface area contributed by atoms with E-state index in [1.54, 1.807) is 6.07 Å². The van der Waals surface area contributed by atoms with E-state index in [9.17, 15) is 4.79 Å². The molecule has 0 spiro atoms. The van der Waals surface area contributed by atoms with Gasteiger partial charge in [0.2, 0.25) is 0 Å². The van der Waals surface area contributed by atoms with Crippen molar-refractivity contribution in [2.24, 2.45) is 10.7 Å². The Bertz CT molecular complexity index is 395. The molecule has 1 aliphatic rings. The third-order valence-electron chi connectivity index (χ3n) is 1.85. The maximum atomic E-state index is 11.1. The molecular weight excluding hydrogens is 188 g/mol. The van der Waals surface area contributed by atoms with Crippen molar-refractivity contribution in [1.29, 1.82) is 0 Å². The summed E-state index contributed by atoms with van der Waals surface area (Å²) in [7, 11) is 1.37. The Morgan fingerprint density at radius 3 is 3.15 bits per heavy atom. The molecule has 13 heavy (non-hydrogen) atoms. The van der Waals surface area contributed by atoms with Crippen LogP contribution in [0.4, 0.5) is 0 Å². The summed E-state index contributed by atoms with van der Waals surface area (Å²) in [5.74, 6) is 0.211. The van der Waals surface area contributed by atoms with Crippen molar-refractivity contribution in [3.8, 4) is 0 Å². The summed E-state index contributed by atoms with van der Waals surface area (Å²) in [6, 6.07) is 1.79. The third kappa shape index (κ3) is 1.21. The smallest absolute Gasteiger partial charge is 0.348 e. The van der Waals surface area contributed by atoms with Crippen LogP contribution in [0, 0.1) is 0 Å². The molecule has 2 heterocycles. The number of fused-ring (bicyclic) bond motifs is 1. The maximum absolute atomic E-state index is 11.1. The van der Waals surface area contributed by atoms with Crippen LogP contribution in [0.5, 0.6) is 0 Å². The van der Waals surface area contributed by atoms with E-state index in [0.29, 0.717) is 17.3 Å². The Balaban J connectivity index is 2.39. The number of rotatable bonds is 1. The molecule has 1 aromatic heterocycles. The first kappa shape index (κ1) is 8.25. The monoisotopic (exact) mass is 196 g/mol. The van der Waals surface area contributed by atoms with Crippen LogP contribution in [0.2, 0.25) is 0 Å². The molecule has 1 aromatic rings. The van der Waals surface area contributed by atoms with Gasteiger partial charge in [0.25, 0.3) is 0 Å². The first-order valence-corrected chi connectivity index (χ1v) is 4.55. The van der Waals surface area contributed by atoms with Gasteiger partial charge in [-0.05, 0) is 11.6 Å². The van der Waals surface area contributed by atoms with Gasteiger partial charge in [-0.1, -0.05) is 0 Å². The fourth-order valence-corrected chi connectivity index (χ4v) is 2.22. The third-order valence-corrected chi connectivity index (χ3v) is 3.03. The van der Waals surface area contributed by atoms with E-state index in [2.05, 4.69) is 9.73 Å². The fourth-order valence-electron chi connectivity index (χ4n) is 1.21. The molecule has 1 aliphatic heterocycles.